The van der Waals surface area contributed by atoms with Crippen molar-refractivity contribution in [1.29, 1.82) is 0 Å². The molecule has 1 aromatic carbocycles. The fourth-order valence-corrected chi connectivity index (χ4v) is 1.65. The number of rotatable bonds is 1. The number of nitrogens with two attached hydrogens (primary N) is 2. The Labute approximate surface area is 99.3 Å². The molecule has 0 spiro atoms. The minimum atomic E-state index is 0.576. The van der Waals surface area contributed by atoms with Gasteiger partial charge in [0.05, 0.1) is 16.4 Å². The van der Waals surface area contributed by atoms with Crippen molar-refractivity contribution in [3.05, 3.63) is 65.0 Å². The molecule has 1 aliphatic rings. The molecule has 16 heavy (non-hydrogen) atoms. The molecule has 0 amide bonds. The Bertz CT molecular complexity index is 474. The van der Waals surface area contributed by atoms with E-state index in [-0.39, 0.29) is 0 Å². The summed E-state index contributed by atoms with van der Waals surface area (Å²) in [7, 11) is 0. The Hall–Kier alpha value is -1.71. The summed E-state index contributed by atoms with van der Waals surface area (Å²) in [5.74, 6) is 5.79. The molecule has 82 valence electrons. The van der Waals surface area contributed by atoms with Gasteiger partial charge in [-0.05, 0) is 17.7 Å². The van der Waals surface area contributed by atoms with Gasteiger partial charge in [0, 0.05) is 6.20 Å². The van der Waals surface area contributed by atoms with E-state index in [2.05, 4.69) is 0 Å². The first kappa shape index (κ1) is 10.8. The van der Waals surface area contributed by atoms with Crippen molar-refractivity contribution in [3.8, 4) is 0 Å². The highest BCUT2D eigenvalue weighted by Crippen LogP contribution is 2.21. The molecule has 0 bridgehead atoms. The van der Waals surface area contributed by atoms with Gasteiger partial charge in [-0.3, -0.25) is 5.01 Å². The van der Waals surface area contributed by atoms with Crippen LogP contribution in [0.1, 0.15) is 5.56 Å². The second-order valence-electron chi connectivity index (χ2n) is 3.42. The van der Waals surface area contributed by atoms with Gasteiger partial charge in [-0.15, -0.1) is 0 Å². The van der Waals surface area contributed by atoms with Gasteiger partial charge in [0.1, 0.15) is 0 Å². The second kappa shape index (κ2) is 4.43. The van der Waals surface area contributed by atoms with Crippen molar-refractivity contribution in [1.82, 2.24) is 5.01 Å². The van der Waals surface area contributed by atoms with E-state index >= 15 is 0 Å². The van der Waals surface area contributed by atoms with Gasteiger partial charge >= 0.3 is 0 Å². The lowest BCUT2D eigenvalue weighted by atomic mass is 10.1. The van der Waals surface area contributed by atoms with E-state index < -0.39 is 0 Å². The quantitative estimate of drug-likeness (QED) is 0.731. The van der Waals surface area contributed by atoms with E-state index in [1.54, 1.807) is 18.4 Å². The van der Waals surface area contributed by atoms with Crippen LogP contribution in [0.3, 0.4) is 0 Å². The number of hydrogen-bond acceptors (Lipinski definition) is 3. The number of hydrazine groups is 1. The minimum absolute atomic E-state index is 0.576. The maximum atomic E-state index is 6.04. The summed E-state index contributed by atoms with van der Waals surface area (Å²) in [4.78, 5) is 0. The second-order valence-corrected chi connectivity index (χ2v) is 3.86. The third-order valence-corrected chi connectivity index (χ3v) is 2.53. The van der Waals surface area contributed by atoms with Crippen LogP contribution in [0, 0.1) is 0 Å². The van der Waals surface area contributed by atoms with E-state index in [4.69, 9.17) is 23.2 Å². The van der Waals surface area contributed by atoms with E-state index in [0.717, 1.165) is 11.3 Å². The monoisotopic (exact) mass is 233 g/mol. The summed E-state index contributed by atoms with van der Waals surface area (Å²) < 4.78 is 0. The van der Waals surface area contributed by atoms with Gasteiger partial charge in [-0.1, -0.05) is 41.9 Å². The lowest BCUT2D eigenvalue weighted by molar-refractivity contribution is 0.504. The Morgan fingerprint density at radius 1 is 1.12 bits per heavy atom. The van der Waals surface area contributed by atoms with Crippen molar-refractivity contribution in [2.45, 2.75) is 0 Å². The molecule has 0 unspecified atom stereocenters. The summed E-state index contributed by atoms with van der Waals surface area (Å²) in [5.41, 5.74) is 8.33. The van der Waals surface area contributed by atoms with E-state index in [0.29, 0.717) is 10.7 Å². The van der Waals surface area contributed by atoms with Crippen molar-refractivity contribution in [3.63, 3.8) is 0 Å². The van der Waals surface area contributed by atoms with Crippen molar-refractivity contribution < 1.29 is 0 Å². The topological polar surface area (TPSA) is 55.3 Å². The maximum Gasteiger partial charge on any atom is 0.0804 e. The van der Waals surface area contributed by atoms with Crippen LogP contribution in [0.25, 0.3) is 5.70 Å². The van der Waals surface area contributed by atoms with Gasteiger partial charge in [-0.25, -0.2) is 5.84 Å². The Morgan fingerprint density at radius 2 is 1.81 bits per heavy atom. The third kappa shape index (κ3) is 2.10. The number of benzene rings is 1. The van der Waals surface area contributed by atoms with Crippen molar-refractivity contribution >= 4 is 17.3 Å². The fourth-order valence-electron chi connectivity index (χ4n) is 1.48. The molecular formula is C12H12ClN3. The van der Waals surface area contributed by atoms with E-state index in [9.17, 15) is 0 Å². The third-order valence-electron chi connectivity index (χ3n) is 2.30. The van der Waals surface area contributed by atoms with Crippen LogP contribution in [0.15, 0.2) is 59.4 Å². The maximum absolute atomic E-state index is 6.04. The van der Waals surface area contributed by atoms with Crippen LogP contribution in [0.2, 0.25) is 0 Å². The predicted octanol–water partition coefficient (Wildman–Crippen LogP) is 2.14. The van der Waals surface area contributed by atoms with E-state index in [1.807, 2.05) is 30.3 Å². The average Bonchev–Trinajstić information content (AvgIpc) is 2.29. The minimum Gasteiger partial charge on any atom is -0.397 e. The van der Waals surface area contributed by atoms with Crippen LogP contribution in [0.5, 0.6) is 0 Å². The zero-order valence-electron chi connectivity index (χ0n) is 8.60. The van der Waals surface area contributed by atoms with Gasteiger partial charge in [0.2, 0.25) is 0 Å². The van der Waals surface area contributed by atoms with Crippen LogP contribution in [-0.4, -0.2) is 5.01 Å². The zero-order chi connectivity index (χ0) is 11.5. The smallest absolute Gasteiger partial charge is 0.0804 e. The zero-order valence-corrected chi connectivity index (χ0v) is 9.35. The number of halogens is 1. The first-order valence-electron chi connectivity index (χ1n) is 4.83. The van der Waals surface area contributed by atoms with Gasteiger partial charge < -0.3 is 5.73 Å². The molecule has 0 saturated carbocycles. The Balaban J connectivity index is 2.40. The normalized spacial score (nSPS) is 18.4. The SMILES string of the molecule is N/C(=C1/C=CC(Cl)=CN1N)c1ccccc1. The molecular weight excluding hydrogens is 222 g/mol. The molecule has 0 aliphatic carbocycles. The van der Waals surface area contributed by atoms with Gasteiger partial charge in [-0.2, -0.15) is 0 Å². The fraction of sp³-hybridized carbons (Fsp3) is 0. The molecule has 0 atom stereocenters. The molecule has 3 nitrogen and oxygen atoms in total. The standard InChI is InChI=1S/C12H12ClN3/c13-10-6-7-11(16(15)8-10)12(14)9-4-2-1-3-5-9/h1-8H,14-15H2/b12-11-. The average molecular weight is 234 g/mol. The van der Waals surface area contributed by atoms with E-state index in [1.165, 1.54) is 5.01 Å². The number of hydrogen-bond donors (Lipinski definition) is 2. The highest BCUT2D eigenvalue weighted by Gasteiger charge is 2.10. The molecule has 0 fully saturated rings. The summed E-state index contributed by atoms with van der Waals surface area (Å²) in [6.07, 6.45) is 5.17. The van der Waals surface area contributed by atoms with Crippen molar-refractivity contribution in [2.24, 2.45) is 11.6 Å². The lowest BCUT2D eigenvalue weighted by Gasteiger charge is -2.21. The summed E-state index contributed by atoms with van der Waals surface area (Å²) in [6, 6.07) is 9.67. The van der Waals surface area contributed by atoms with Crippen LogP contribution in [-0.2, 0) is 0 Å². The lowest BCUT2D eigenvalue weighted by Crippen LogP contribution is -2.27. The molecule has 4 N–H and O–H groups in total. The predicted molar refractivity (Wildman–Crippen MR) is 66.7 cm³/mol. The molecule has 0 saturated heterocycles. The molecule has 1 aromatic rings. The van der Waals surface area contributed by atoms with Crippen LogP contribution < -0.4 is 11.6 Å². The number of allylic oxidation sites excluding steroid dienone is 3. The molecule has 0 aromatic heterocycles. The summed E-state index contributed by atoms with van der Waals surface area (Å²) in [6.45, 7) is 0. The first-order chi connectivity index (χ1) is 7.68. The molecule has 0 radical (unpaired) electrons. The van der Waals surface area contributed by atoms with Gasteiger partial charge in [0.25, 0.3) is 0 Å². The van der Waals surface area contributed by atoms with Crippen LogP contribution in [0.4, 0.5) is 0 Å². The van der Waals surface area contributed by atoms with Crippen molar-refractivity contribution in [2.75, 3.05) is 0 Å². The highest BCUT2D eigenvalue weighted by atomic mass is 35.5. The molecule has 4 heteroatoms. The molecule has 1 aliphatic heterocycles. The highest BCUT2D eigenvalue weighted by molar-refractivity contribution is 6.31. The molecule has 2 rings (SSSR count). The van der Waals surface area contributed by atoms with Crippen LogP contribution >= 0.6 is 11.6 Å². The largest absolute Gasteiger partial charge is 0.397 e. The first-order valence-corrected chi connectivity index (χ1v) is 5.21. The summed E-state index contributed by atoms with van der Waals surface area (Å²) in [5, 5.41) is 2.00. The Kier molecular flexibility index (Phi) is 2.99. The Morgan fingerprint density at radius 3 is 2.44 bits per heavy atom. The summed E-state index contributed by atoms with van der Waals surface area (Å²) >= 11 is 5.82. The molecule has 1 heterocycles. The number of nitrogens with zero attached hydrogens (tertiary/aromatic N) is 1. The van der Waals surface area contributed by atoms with Gasteiger partial charge in [0.15, 0.2) is 0 Å².